The Bertz CT molecular complexity index is 1610. The Kier molecular flexibility index (Phi) is 6.39. The Balaban J connectivity index is 1.35. The van der Waals surface area contributed by atoms with E-state index in [0.29, 0.717) is 47.0 Å². The number of benzene rings is 3. The summed E-state index contributed by atoms with van der Waals surface area (Å²) >= 11 is 6.02. The van der Waals surface area contributed by atoms with Gasteiger partial charge < -0.3 is 10.6 Å². The molecule has 0 bridgehead atoms. The molecule has 1 aliphatic heterocycles. The lowest BCUT2D eigenvalue weighted by molar-refractivity contribution is 0.249. The van der Waals surface area contributed by atoms with Crippen molar-refractivity contribution in [2.75, 3.05) is 36.8 Å². The van der Waals surface area contributed by atoms with Crippen molar-refractivity contribution in [3.05, 3.63) is 95.0 Å². The minimum Gasteiger partial charge on any atom is -0.383 e. The van der Waals surface area contributed by atoms with Crippen LogP contribution in [0.4, 0.5) is 20.5 Å². The zero-order chi connectivity index (χ0) is 26.2. The molecular weight excluding hydrogens is 508 g/mol. The first kappa shape index (κ1) is 24.3. The van der Waals surface area contributed by atoms with Gasteiger partial charge in [-0.3, -0.25) is 4.90 Å². The first-order chi connectivity index (χ1) is 18.4. The standard InChI is InChI=1S/C28H24ClF2N7/c29-20-9-7-18(8-10-20)17-36-11-13-37(14-12-36)28-33-25(19-3-1-4-21(30)15-19)24-26(32)38(35-27(24)34-28)23-6-2-5-22(31)16-23/h1-10,15-16H,11-14,17,32H2. The van der Waals surface area contributed by atoms with Gasteiger partial charge in [0, 0.05) is 43.3 Å². The van der Waals surface area contributed by atoms with Crippen molar-refractivity contribution in [1.29, 1.82) is 0 Å². The van der Waals surface area contributed by atoms with Gasteiger partial charge in [0.2, 0.25) is 5.95 Å². The number of rotatable bonds is 5. The summed E-state index contributed by atoms with van der Waals surface area (Å²) in [6, 6.07) is 20.1. The van der Waals surface area contributed by atoms with Crippen LogP contribution in [0, 0.1) is 11.6 Å². The van der Waals surface area contributed by atoms with Gasteiger partial charge in [-0.2, -0.15) is 4.98 Å². The molecule has 1 saturated heterocycles. The summed E-state index contributed by atoms with van der Waals surface area (Å²) in [5, 5.41) is 5.81. The second-order valence-electron chi connectivity index (χ2n) is 9.25. The molecule has 0 radical (unpaired) electrons. The van der Waals surface area contributed by atoms with Crippen LogP contribution in [-0.2, 0) is 6.54 Å². The molecule has 0 atom stereocenters. The molecule has 0 unspecified atom stereocenters. The van der Waals surface area contributed by atoms with E-state index < -0.39 is 5.82 Å². The lowest BCUT2D eigenvalue weighted by Crippen LogP contribution is -2.46. The Morgan fingerprint density at radius 2 is 1.55 bits per heavy atom. The molecule has 0 amide bonds. The summed E-state index contributed by atoms with van der Waals surface area (Å²) in [5.41, 5.74) is 9.57. The third-order valence-electron chi connectivity index (χ3n) is 6.68. The molecule has 3 aromatic carbocycles. The minimum absolute atomic E-state index is 0.254. The van der Waals surface area contributed by atoms with Gasteiger partial charge in [0.25, 0.3) is 0 Å². The van der Waals surface area contributed by atoms with E-state index in [1.807, 2.05) is 24.3 Å². The van der Waals surface area contributed by atoms with Crippen molar-refractivity contribution >= 4 is 34.4 Å². The van der Waals surface area contributed by atoms with Crippen LogP contribution < -0.4 is 10.6 Å². The Morgan fingerprint density at radius 3 is 2.26 bits per heavy atom. The molecule has 6 rings (SSSR count). The Labute approximate surface area is 223 Å². The molecular formula is C28H24ClF2N7. The van der Waals surface area contributed by atoms with Gasteiger partial charge in [-0.1, -0.05) is 41.9 Å². The van der Waals surface area contributed by atoms with Crippen molar-refractivity contribution in [1.82, 2.24) is 24.6 Å². The molecule has 0 saturated carbocycles. The van der Waals surface area contributed by atoms with Crippen molar-refractivity contribution in [3.8, 4) is 16.9 Å². The van der Waals surface area contributed by atoms with Crippen LogP contribution in [0.15, 0.2) is 72.8 Å². The van der Waals surface area contributed by atoms with E-state index in [1.54, 1.807) is 24.3 Å². The highest BCUT2D eigenvalue weighted by atomic mass is 35.5. The summed E-state index contributed by atoms with van der Waals surface area (Å²) in [5.74, 6) is -0.0474. The van der Waals surface area contributed by atoms with E-state index in [1.165, 1.54) is 34.5 Å². The fraction of sp³-hybridized carbons (Fsp3) is 0.179. The summed E-state index contributed by atoms with van der Waals surface area (Å²) in [4.78, 5) is 14.0. The van der Waals surface area contributed by atoms with Crippen LogP contribution in [0.25, 0.3) is 28.0 Å². The van der Waals surface area contributed by atoms with Gasteiger partial charge in [-0.15, -0.1) is 5.10 Å². The molecule has 1 aliphatic rings. The van der Waals surface area contributed by atoms with Crippen molar-refractivity contribution in [2.24, 2.45) is 0 Å². The number of anilines is 2. The minimum atomic E-state index is -0.407. The number of nitrogens with zero attached hydrogens (tertiary/aromatic N) is 6. The highest BCUT2D eigenvalue weighted by Gasteiger charge is 2.24. The average Bonchev–Trinajstić information content (AvgIpc) is 3.26. The van der Waals surface area contributed by atoms with Crippen LogP contribution >= 0.6 is 11.6 Å². The zero-order valence-corrected chi connectivity index (χ0v) is 21.1. The summed E-state index contributed by atoms with van der Waals surface area (Å²) in [7, 11) is 0. The Hall–Kier alpha value is -4.08. The van der Waals surface area contributed by atoms with Crippen molar-refractivity contribution < 1.29 is 8.78 Å². The zero-order valence-electron chi connectivity index (χ0n) is 20.4. The van der Waals surface area contributed by atoms with E-state index in [9.17, 15) is 8.78 Å². The van der Waals surface area contributed by atoms with E-state index >= 15 is 0 Å². The Morgan fingerprint density at radius 1 is 0.842 bits per heavy atom. The molecule has 192 valence electrons. The van der Waals surface area contributed by atoms with Crippen LogP contribution in [0.1, 0.15) is 5.56 Å². The highest BCUT2D eigenvalue weighted by molar-refractivity contribution is 6.30. The van der Waals surface area contributed by atoms with Crippen LogP contribution in [-0.4, -0.2) is 50.8 Å². The molecule has 1 fully saturated rings. The number of nitrogen functional groups attached to an aromatic ring is 1. The predicted molar refractivity (Wildman–Crippen MR) is 145 cm³/mol. The number of nitrogens with two attached hydrogens (primary N) is 1. The average molecular weight is 532 g/mol. The second kappa shape index (κ2) is 10.00. The van der Waals surface area contributed by atoms with Gasteiger partial charge in [0.1, 0.15) is 17.5 Å². The number of halogens is 3. The number of hydrogen-bond donors (Lipinski definition) is 1. The first-order valence-corrected chi connectivity index (χ1v) is 12.6. The fourth-order valence-corrected chi connectivity index (χ4v) is 4.87. The number of hydrogen-bond acceptors (Lipinski definition) is 6. The molecule has 38 heavy (non-hydrogen) atoms. The molecule has 0 aliphatic carbocycles. The van der Waals surface area contributed by atoms with E-state index in [2.05, 4.69) is 14.9 Å². The van der Waals surface area contributed by atoms with E-state index in [0.717, 1.165) is 24.7 Å². The SMILES string of the molecule is Nc1c2c(-c3cccc(F)c3)nc(N3CCN(Cc4ccc(Cl)cc4)CC3)nc2nn1-c1cccc(F)c1. The fourth-order valence-electron chi connectivity index (χ4n) is 4.74. The van der Waals surface area contributed by atoms with Crippen LogP contribution in [0.2, 0.25) is 5.02 Å². The normalized spacial score (nSPS) is 14.3. The largest absolute Gasteiger partial charge is 0.383 e. The van der Waals surface area contributed by atoms with Crippen molar-refractivity contribution in [2.45, 2.75) is 6.54 Å². The van der Waals surface area contributed by atoms with Crippen LogP contribution in [0.5, 0.6) is 0 Å². The van der Waals surface area contributed by atoms with Crippen LogP contribution in [0.3, 0.4) is 0 Å². The maximum atomic E-state index is 14.2. The quantitative estimate of drug-likeness (QED) is 0.331. The van der Waals surface area contributed by atoms with Gasteiger partial charge in [0.05, 0.1) is 16.8 Å². The summed E-state index contributed by atoms with van der Waals surface area (Å²) in [6.07, 6.45) is 0. The summed E-state index contributed by atoms with van der Waals surface area (Å²) in [6.45, 7) is 3.88. The summed E-state index contributed by atoms with van der Waals surface area (Å²) < 4.78 is 29.6. The monoisotopic (exact) mass is 531 g/mol. The van der Waals surface area contributed by atoms with Crippen molar-refractivity contribution in [3.63, 3.8) is 0 Å². The number of aromatic nitrogens is 4. The van der Waals surface area contributed by atoms with Gasteiger partial charge in [-0.05, 0) is 48.0 Å². The number of piperazine rings is 1. The lowest BCUT2D eigenvalue weighted by atomic mass is 10.1. The van der Waals surface area contributed by atoms with Gasteiger partial charge in [-0.25, -0.2) is 18.4 Å². The predicted octanol–water partition coefficient (Wildman–Crippen LogP) is 5.32. The maximum Gasteiger partial charge on any atom is 0.228 e. The molecule has 2 aromatic heterocycles. The molecule has 2 N–H and O–H groups in total. The molecule has 0 spiro atoms. The third-order valence-corrected chi connectivity index (χ3v) is 6.93. The maximum absolute atomic E-state index is 14.2. The highest BCUT2D eigenvalue weighted by Crippen LogP contribution is 2.34. The van der Waals surface area contributed by atoms with Gasteiger partial charge >= 0.3 is 0 Å². The van der Waals surface area contributed by atoms with E-state index in [-0.39, 0.29) is 11.6 Å². The first-order valence-electron chi connectivity index (χ1n) is 12.2. The smallest absolute Gasteiger partial charge is 0.228 e. The second-order valence-corrected chi connectivity index (χ2v) is 9.68. The molecule has 10 heteroatoms. The molecule has 5 aromatic rings. The third kappa shape index (κ3) is 4.78. The molecule has 7 nitrogen and oxygen atoms in total. The van der Waals surface area contributed by atoms with E-state index in [4.69, 9.17) is 27.3 Å². The molecule has 3 heterocycles. The lowest BCUT2D eigenvalue weighted by Gasteiger charge is -2.34. The number of fused-ring (bicyclic) bond motifs is 1. The van der Waals surface area contributed by atoms with Gasteiger partial charge in [0.15, 0.2) is 5.65 Å². The topological polar surface area (TPSA) is 76.1 Å².